The molecule has 0 aliphatic rings. The van der Waals surface area contributed by atoms with E-state index < -0.39 is 11.0 Å². The molecule has 0 unspecified atom stereocenters. The van der Waals surface area contributed by atoms with Crippen molar-refractivity contribution in [2.75, 3.05) is 12.4 Å². The van der Waals surface area contributed by atoms with Crippen molar-refractivity contribution in [3.05, 3.63) is 70.4 Å². The minimum Gasteiger partial charge on any atom is -0.497 e. The number of hydrogen-bond donors (Lipinski definition) is 2. The number of benzene rings is 2. The molecular weight excluding hydrogens is 298 g/mol. The molecule has 0 aliphatic carbocycles. The largest absolute Gasteiger partial charge is 0.497 e. The molecule has 0 radical (unpaired) electrons. The van der Waals surface area contributed by atoms with Gasteiger partial charge in [0.1, 0.15) is 5.75 Å². The van der Waals surface area contributed by atoms with E-state index in [1.807, 2.05) is 24.3 Å². The molecule has 0 spiro atoms. The number of nitrogens with one attached hydrogen (secondary N) is 2. The molecule has 0 fully saturated rings. The summed E-state index contributed by atoms with van der Waals surface area (Å²) in [6.07, 6.45) is 3.18. The van der Waals surface area contributed by atoms with Gasteiger partial charge in [-0.3, -0.25) is 10.1 Å². The number of hydrogen-bond acceptors (Lipinski definition) is 4. The van der Waals surface area contributed by atoms with Crippen LogP contribution in [0.3, 0.4) is 0 Å². The number of carbonyl (C=O) groups excluding carboxylic acids is 1. The Hall–Kier alpha value is -3.35. The van der Waals surface area contributed by atoms with Crippen molar-refractivity contribution in [3.63, 3.8) is 0 Å². The smallest absolute Gasteiger partial charge is 0.323 e. The number of amides is 2. The van der Waals surface area contributed by atoms with Crippen LogP contribution in [0.1, 0.15) is 5.56 Å². The molecule has 2 N–H and O–H groups in total. The number of nitrogens with zero attached hydrogens (tertiary/aromatic N) is 1. The maximum atomic E-state index is 11.7. The van der Waals surface area contributed by atoms with E-state index in [0.717, 1.165) is 5.56 Å². The van der Waals surface area contributed by atoms with Gasteiger partial charge >= 0.3 is 6.03 Å². The highest BCUT2D eigenvalue weighted by atomic mass is 16.6. The fraction of sp³-hybridized carbons (Fsp3) is 0.0625. The lowest BCUT2D eigenvalue weighted by atomic mass is 10.2. The van der Waals surface area contributed by atoms with Crippen molar-refractivity contribution in [1.82, 2.24) is 5.32 Å². The minimum absolute atomic E-state index is 0.0882. The number of ether oxygens (including phenoxy) is 1. The Balaban J connectivity index is 1.93. The van der Waals surface area contributed by atoms with Crippen LogP contribution in [0.25, 0.3) is 6.08 Å². The first-order chi connectivity index (χ1) is 11.1. The lowest BCUT2D eigenvalue weighted by Crippen LogP contribution is -2.23. The molecule has 2 rings (SSSR count). The van der Waals surface area contributed by atoms with Crippen LogP contribution in [-0.2, 0) is 0 Å². The number of methoxy groups -OCH3 is 1. The van der Waals surface area contributed by atoms with Crippen LogP contribution < -0.4 is 15.4 Å². The Morgan fingerprint density at radius 2 is 2.00 bits per heavy atom. The zero-order valence-corrected chi connectivity index (χ0v) is 12.4. The molecule has 2 aromatic rings. The van der Waals surface area contributed by atoms with Crippen LogP contribution in [0.4, 0.5) is 16.2 Å². The van der Waals surface area contributed by atoms with Crippen LogP contribution in [0.2, 0.25) is 0 Å². The van der Waals surface area contributed by atoms with E-state index in [1.165, 1.54) is 24.4 Å². The summed E-state index contributed by atoms with van der Waals surface area (Å²) in [4.78, 5) is 21.9. The van der Waals surface area contributed by atoms with Gasteiger partial charge in [-0.15, -0.1) is 0 Å². The Bertz CT molecular complexity index is 744. The van der Waals surface area contributed by atoms with Crippen molar-refractivity contribution in [2.45, 2.75) is 0 Å². The lowest BCUT2D eigenvalue weighted by Gasteiger charge is -2.04. The van der Waals surface area contributed by atoms with Crippen LogP contribution >= 0.6 is 0 Å². The average molecular weight is 313 g/mol. The molecule has 0 atom stereocenters. The van der Waals surface area contributed by atoms with E-state index in [2.05, 4.69) is 10.6 Å². The average Bonchev–Trinajstić information content (AvgIpc) is 2.55. The van der Waals surface area contributed by atoms with Crippen molar-refractivity contribution in [1.29, 1.82) is 0 Å². The van der Waals surface area contributed by atoms with E-state index in [-0.39, 0.29) is 5.69 Å². The summed E-state index contributed by atoms with van der Waals surface area (Å²) >= 11 is 0. The molecule has 0 bridgehead atoms. The molecule has 0 saturated carbocycles. The van der Waals surface area contributed by atoms with E-state index >= 15 is 0 Å². The van der Waals surface area contributed by atoms with Gasteiger partial charge < -0.3 is 15.4 Å². The van der Waals surface area contributed by atoms with Crippen molar-refractivity contribution in [2.24, 2.45) is 0 Å². The quantitative estimate of drug-likeness (QED) is 0.653. The number of rotatable bonds is 5. The van der Waals surface area contributed by atoms with Gasteiger partial charge in [0.05, 0.1) is 12.0 Å². The standard InChI is InChI=1S/C16H15N3O4/c1-23-15-7-2-4-12(10-15)8-9-17-16(20)18-13-5-3-6-14(11-13)19(21)22/h2-11H,1H3,(H2,17,18,20)/b9-8+. The monoisotopic (exact) mass is 313 g/mol. The second-order valence-electron chi connectivity index (χ2n) is 4.52. The first-order valence-electron chi connectivity index (χ1n) is 6.71. The molecule has 23 heavy (non-hydrogen) atoms. The van der Waals surface area contributed by atoms with Gasteiger partial charge in [-0.2, -0.15) is 0 Å². The normalized spacial score (nSPS) is 10.3. The summed E-state index contributed by atoms with van der Waals surface area (Å²) in [6.45, 7) is 0. The second-order valence-corrected chi connectivity index (χ2v) is 4.52. The van der Waals surface area contributed by atoms with E-state index in [0.29, 0.717) is 11.4 Å². The van der Waals surface area contributed by atoms with Crippen LogP contribution in [0.15, 0.2) is 54.7 Å². The van der Waals surface area contributed by atoms with E-state index in [1.54, 1.807) is 19.3 Å². The molecule has 0 aromatic heterocycles. The molecule has 0 saturated heterocycles. The second kappa shape index (κ2) is 7.60. The number of urea groups is 1. The summed E-state index contributed by atoms with van der Waals surface area (Å²) < 4.78 is 5.10. The molecule has 118 valence electrons. The van der Waals surface area contributed by atoms with Crippen LogP contribution in [-0.4, -0.2) is 18.1 Å². The SMILES string of the molecule is COc1cccc(/C=C/NC(=O)Nc2cccc([N+](=O)[O-])c2)c1. The van der Waals surface area contributed by atoms with Gasteiger partial charge in [-0.25, -0.2) is 4.79 Å². The van der Waals surface area contributed by atoms with Crippen molar-refractivity contribution < 1.29 is 14.5 Å². The maximum absolute atomic E-state index is 11.7. The highest BCUT2D eigenvalue weighted by Gasteiger charge is 2.07. The number of nitro benzene ring substituents is 1. The molecule has 7 nitrogen and oxygen atoms in total. The van der Waals surface area contributed by atoms with Gasteiger partial charge in [0.15, 0.2) is 0 Å². The van der Waals surface area contributed by atoms with E-state index in [9.17, 15) is 14.9 Å². The summed E-state index contributed by atoms with van der Waals surface area (Å²) in [7, 11) is 1.58. The fourth-order valence-corrected chi connectivity index (χ4v) is 1.82. The molecular formula is C16H15N3O4. The molecule has 7 heteroatoms. The van der Waals surface area contributed by atoms with Gasteiger partial charge in [-0.1, -0.05) is 18.2 Å². The summed E-state index contributed by atoms with van der Waals surface area (Å²) in [5.74, 6) is 0.716. The highest BCUT2D eigenvalue weighted by molar-refractivity contribution is 5.90. The topological polar surface area (TPSA) is 93.5 Å². The third kappa shape index (κ3) is 4.85. The highest BCUT2D eigenvalue weighted by Crippen LogP contribution is 2.17. The lowest BCUT2D eigenvalue weighted by molar-refractivity contribution is -0.384. The van der Waals surface area contributed by atoms with Gasteiger partial charge in [0.25, 0.3) is 5.69 Å². The zero-order valence-electron chi connectivity index (χ0n) is 12.4. The maximum Gasteiger partial charge on any atom is 0.323 e. The van der Waals surface area contributed by atoms with Crippen molar-refractivity contribution in [3.8, 4) is 5.75 Å². The van der Waals surface area contributed by atoms with Crippen molar-refractivity contribution >= 4 is 23.5 Å². The Morgan fingerprint density at radius 1 is 1.22 bits per heavy atom. The Kier molecular flexibility index (Phi) is 5.30. The summed E-state index contributed by atoms with van der Waals surface area (Å²) in [5, 5.41) is 15.7. The molecule has 2 aromatic carbocycles. The third-order valence-electron chi connectivity index (χ3n) is 2.90. The number of non-ortho nitro benzene ring substituents is 1. The molecule has 0 heterocycles. The predicted molar refractivity (Wildman–Crippen MR) is 87.3 cm³/mol. The molecule has 0 aliphatic heterocycles. The summed E-state index contributed by atoms with van der Waals surface area (Å²) in [5.41, 5.74) is 1.11. The fourth-order valence-electron chi connectivity index (χ4n) is 1.82. The van der Waals surface area contributed by atoms with Crippen LogP contribution in [0.5, 0.6) is 5.75 Å². The third-order valence-corrected chi connectivity index (χ3v) is 2.90. The Morgan fingerprint density at radius 3 is 2.74 bits per heavy atom. The number of anilines is 1. The van der Waals surface area contributed by atoms with E-state index in [4.69, 9.17) is 4.74 Å². The predicted octanol–water partition coefficient (Wildman–Crippen LogP) is 3.40. The summed E-state index contributed by atoms with van der Waals surface area (Å²) in [6, 6.07) is 12.5. The van der Waals surface area contributed by atoms with Gasteiger partial charge in [0, 0.05) is 24.0 Å². The van der Waals surface area contributed by atoms with Gasteiger partial charge in [0.2, 0.25) is 0 Å². The van der Waals surface area contributed by atoms with Crippen LogP contribution in [0, 0.1) is 10.1 Å². The van der Waals surface area contributed by atoms with Gasteiger partial charge in [-0.05, 0) is 29.8 Å². The first kappa shape index (κ1) is 16.0. The zero-order chi connectivity index (χ0) is 16.7. The minimum atomic E-state index is -0.522. The molecule has 2 amide bonds. The Labute approximate surface area is 132 Å². The number of carbonyl (C=O) groups is 1. The first-order valence-corrected chi connectivity index (χ1v) is 6.71. The number of nitro groups is 1.